The van der Waals surface area contributed by atoms with E-state index in [4.69, 9.17) is 14.2 Å². The van der Waals surface area contributed by atoms with Crippen molar-refractivity contribution in [2.45, 2.75) is 354 Å². The summed E-state index contributed by atoms with van der Waals surface area (Å²) in [6, 6.07) is 0. The molecule has 6 heteroatoms. The molecule has 0 aromatic heterocycles. The van der Waals surface area contributed by atoms with Gasteiger partial charge < -0.3 is 14.2 Å². The van der Waals surface area contributed by atoms with Crippen molar-refractivity contribution in [1.29, 1.82) is 0 Å². The maximum absolute atomic E-state index is 12.9. The highest BCUT2D eigenvalue weighted by Crippen LogP contribution is 2.17. The highest BCUT2D eigenvalue weighted by Gasteiger charge is 2.19. The first-order valence-corrected chi connectivity index (χ1v) is 34.6. The van der Waals surface area contributed by atoms with Crippen LogP contribution < -0.4 is 0 Å². The SMILES string of the molecule is CC/C=C\C/C=C\C/C=C\C/C=C\C/C=C\CCCC(=O)OCC(COC(=O)CCCCCCCCCCCCCCCCC/C=C\CCCCCCCCCC)OC(=O)CCCCCCCCC/C=C\CCCCCCCCC. The summed E-state index contributed by atoms with van der Waals surface area (Å²) in [4.78, 5) is 38.4. The van der Waals surface area contributed by atoms with E-state index < -0.39 is 6.10 Å². The maximum atomic E-state index is 12.9. The summed E-state index contributed by atoms with van der Waals surface area (Å²) in [5, 5.41) is 0. The van der Waals surface area contributed by atoms with Gasteiger partial charge in [-0.1, -0.05) is 305 Å². The van der Waals surface area contributed by atoms with Crippen LogP contribution in [0.1, 0.15) is 348 Å². The third kappa shape index (κ3) is 65.4. The normalized spacial score (nSPS) is 12.6. The molecule has 0 radical (unpaired) electrons. The fraction of sp³-hybridized carbons (Fsp3) is 0.770. The standard InChI is InChI=1S/C74H130O6/c1-4-7-10-13-16-19-22-25-28-31-33-34-35-36-37-38-39-40-41-44-46-49-52-55-58-61-64-67-73(76)79-70-71(69-78-72(75)66-63-60-57-54-51-48-45-42-30-27-24-21-18-15-12-9-6-3)80-74(77)68-65-62-59-56-53-50-47-43-32-29-26-23-20-17-14-11-8-5-2/h9,12,18,21,27,29-33,45,48,54,57,71H,4-8,10-11,13-17,19-20,22-26,28,34-44,46-47,49-53,55-56,58-70H2,1-3H3/b12-9-,21-18-,30-27-,32-29-,33-31-,48-45-,57-54-. The Bertz CT molecular complexity index is 1520. The number of allylic oxidation sites excluding steroid dienone is 14. The number of hydrogen-bond acceptors (Lipinski definition) is 6. The molecule has 0 aliphatic heterocycles. The Hall–Kier alpha value is -3.41. The van der Waals surface area contributed by atoms with E-state index in [0.717, 1.165) is 77.0 Å². The Balaban J connectivity index is 4.34. The number of esters is 3. The predicted molar refractivity (Wildman–Crippen MR) is 348 cm³/mol. The van der Waals surface area contributed by atoms with Gasteiger partial charge in [-0.3, -0.25) is 14.4 Å². The minimum atomic E-state index is -0.803. The monoisotopic (exact) mass is 1110 g/mol. The van der Waals surface area contributed by atoms with Gasteiger partial charge >= 0.3 is 17.9 Å². The average molecular weight is 1120 g/mol. The minimum Gasteiger partial charge on any atom is -0.462 e. The molecule has 0 saturated heterocycles. The number of ether oxygens (including phenoxy) is 3. The van der Waals surface area contributed by atoms with Gasteiger partial charge in [-0.2, -0.15) is 0 Å². The highest BCUT2D eigenvalue weighted by atomic mass is 16.6. The van der Waals surface area contributed by atoms with E-state index in [1.807, 2.05) is 0 Å². The molecular weight excluding hydrogens is 985 g/mol. The van der Waals surface area contributed by atoms with Crippen molar-refractivity contribution >= 4 is 17.9 Å². The number of hydrogen-bond donors (Lipinski definition) is 0. The van der Waals surface area contributed by atoms with Crippen molar-refractivity contribution in [2.24, 2.45) is 0 Å². The molecule has 462 valence electrons. The summed E-state index contributed by atoms with van der Waals surface area (Å²) >= 11 is 0. The fourth-order valence-electron chi connectivity index (χ4n) is 9.94. The van der Waals surface area contributed by atoms with Crippen LogP contribution in [0.15, 0.2) is 85.1 Å². The van der Waals surface area contributed by atoms with Gasteiger partial charge in [-0.25, -0.2) is 0 Å². The largest absolute Gasteiger partial charge is 0.462 e. The first-order chi connectivity index (χ1) is 39.5. The molecule has 0 fully saturated rings. The van der Waals surface area contributed by atoms with Gasteiger partial charge in [0.15, 0.2) is 6.10 Å². The van der Waals surface area contributed by atoms with Gasteiger partial charge in [0.05, 0.1) is 0 Å². The zero-order chi connectivity index (χ0) is 57.8. The Morgan fingerprint density at radius 3 is 0.825 bits per heavy atom. The van der Waals surface area contributed by atoms with Crippen LogP contribution in [0.3, 0.4) is 0 Å². The van der Waals surface area contributed by atoms with Gasteiger partial charge in [0.25, 0.3) is 0 Å². The van der Waals surface area contributed by atoms with Gasteiger partial charge in [-0.15, -0.1) is 0 Å². The van der Waals surface area contributed by atoms with Crippen LogP contribution in [0, 0.1) is 0 Å². The molecule has 0 bridgehead atoms. The predicted octanol–water partition coefficient (Wildman–Crippen LogP) is 23.8. The van der Waals surface area contributed by atoms with Crippen LogP contribution in [0.25, 0.3) is 0 Å². The molecule has 0 saturated carbocycles. The lowest BCUT2D eigenvalue weighted by atomic mass is 10.0. The third-order valence-corrected chi connectivity index (χ3v) is 15.1. The summed E-state index contributed by atoms with van der Waals surface area (Å²) in [6.07, 6.45) is 90.4. The second kappa shape index (κ2) is 68.1. The van der Waals surface area contributed by atoms with Crippen molar-refractivity contribution in [3.05, 3.63) is 85.1 Å². The van der Waals surface area contributed by atoms with E-state index in [-0.39, 0.29) is 37.5 Å². The number of unbranched alkanes of at least 4 members (excludes halogenated alkanes) is 38. The second-order valence-electron chi connectivity index (χ2n) is 23.1. The van der Waals surface area contributed by atoms with Gasteiger partial charge in [0, 0.05) is 19.3 Å². The molecule has 80 heavy (non-hydrogen) atoms. The number of carbonyl (C=O) groups is 3. The van der Waals surface area contributed by atoms with E-state index in [0.29, 0.717) is 19.3 Å². The van der Waals surface area contributed by atoms with Crippen molar-refractivity contribution < 1.29 is 28.6 Å². The second-order valence-corrected chi connectivity index (χ2v) is 23.1. The van der Waals surface area contributed by atoms with Crippen LogP contribution in [0.4, 0.5) is 0 Å². The molecule has 1 unspecified atom stereocenters. The fourth-order valence-corrected chi connectivity index (χ4v) is 9.94. The third-order valence-electron chi connectivity index (χ3n) is 15.1. The van der Waals surface area contributed by atoms with E-state index in [1.165, 1.54) is 225 Å². The Morgan fingerprint density at radius 2 is 0.500 bits per heavy atom. The molecule has 0 heterocycles. The summed E-state index contributed by atoms with van der Waals surface area (Å²) in [5.74, 6) is -0.943. The molecule has 0 aromatic carbocycles. The molecular formula is C74H130O6. The smallest absolute Gasteiger partial charge is 0.306 e. The molecule has 0 N–H and O–H groups in total. The molecule has 1 atom stereocenters. The van der Waals surface area contributed by atoms with Crippen molar-refractivity contribution in [3.63, 3.8) is 0 Å². The lowest BCUT2D eigenvalue weighted by molar-refractivity contribution is -0.167. The molecule has 0 aliphatic carbocycles. The zero-order valence-corrected chi connectivity index (χ0v) is 53.1. The van der Waals surface area contributed by atoms with Crippen LogP contribution in [0.2, 0.25) is 0 Å². The number of carbonyl (C=O) groups excluding carboxylic acids is 3. The van der Waals surface area contributed by atoms with Crippen LogP contribution >= 0.6 is 0 Å². The lowest BCUT2D eigenvalue weighted by Gasteiger charge is -2.18. The van der Waals surface area contributed by atoms with E-state index in [2.05, 4.69) is 106 Å². The van der Waals surface area contributed by atoms with Crippen molar-refractivity contribution in [3.8, 4) is 0 Å². The molecule has 0 aromatic rings. The highest BCUT2D eigenvalue weighted by molar-refractivity contribution is 5.71. The zero-order valence-electron chi connectivity index (χ0n) is 53.1. The van der Waals surface area contributed by atoms with Gasteiger partial charge in [-0.05, 0) is 109 Å². The molecule has 6 nitrogen and oxygen atoms in total. The first kappa shape index (κ1) is 76.6. The first-order valence-electron chi connectivity index (χ1n) is 34.6. The number of rotatable bonds is 63. The van der Waals surface area contributed by atoms with Gasteiger partial charge in [0.1, 0.15) is 13.2 Å². The van der Waals surface area contributed by atoms with E-state index in [9.17, 15) is 14.4 Å². The maximum Gasteiger partial charge on any atom is 0.306 e. The Labute approximate surface area is 496 Å². The summed E-state index contributed by atoms with van der Waals surface area (Å²) in [6.45, 7) is 6.52. The Morgan fingerprint density at radius 1 is 0.263 bits per heavy atom. The molecule has 0 amide bonds. The summed E-state index contributed by atoms with van der Waals surface area (Å²) < 4.78 is 16.9. The van der Waals surface area contributed by atoms with Crippen molar-refractivity contribution in [2.75, 3.05) is 13.2 Å². The quantitative estimate of drug-likeness (QED) is 0.0261. The van der Waals surface area contributed by atoms with E-state index >= 15 is 0 Å². The molecule has 0 rings (SSSR count). The average Bonchev–Trinajstić information content (AvgIpc) is 3.46. The topological polar surface area (TPSA) is 78.9 Å². The van der Waals surface area contributed by atoms with Gasteiger partial charge in [0.2, 0.25) is 0 Å². The summed E-state index contributed by atoms with van der Waals surface area (Å²) in [5.41, 5.74) is 0. The van der Waals surface area contributed by atoms with Crippen LogP contribution in [0.5, 0.6) is 0 Å². The van der Waals surface area contributed by atoms with E-state index in [1.54, 1.807) is 0 Å². The minimum absolute atomic E-state index is 0.0937. The van der Waals surface area contributed by atoms with Crippen molar-refractivity contribution in [1.82, 2.24) is 0 Å². The Kier molecular flexibility index (Phi) is 65.2. The van der Waals surface area contributed by atoms with Crippen LogP contribution in [-0.4, -0.2) is 37.2 Å². The molecule has 0 aliphatic rings. The molecule has 0 spiro atoms. The lowest BCUT2D eigenvalue weighted by Crippen LogP contribution is -2.30. The van der Waals surface area contributed by atoms with Crippen LogP contribution in [-0.2, 0) is 28.6 Å². The summed E-state index contributed by atoms with van der Waals surface area (Å²) in [7, 11) is 0.